The number of pyridine rings is 1. The van der Waals surface area contributed by atoms with Crippen LogP contribution in [0.3, 0.4) is 0 Å². The molecule has 1 amide bonds. The summed E-state index contributed by atoms with van der Waals surface area (Å²) in [5.41, 5.74) is 1.13. The molecule has 0 saturated carbocycles. The molecule has 120 valence electrons. The average molecular weight is 301 g/mol. The Labute approximate surface area is 133 Å². The number of rotatable bonds is 3. The maximum atomic E-state index is 12.8. The van der Waals surface area contributed by atoms with Crippen LogP contribution in [0.1, 0.15) is 38.2 Å². The summed E-state index contributed by atoms with van der Waals surface area (Å²) in [5, 5.41) is 3.38. The Kier molecular flexibility index (Phi) is 4.77. The number of amides is 1. The van der Waals surface area contributed by atoms with Crippen molar-refractivity contribution < 1.29 is 4.79 Å². The monoisotopic (exact) mass is 301 g/mol. The van der Waals surface area contributed by atoms with E-state index < -0.39 is 0 Å². The van der Waals surface area contributed by atoms with Crippen molar-refractivity contribution >= 4 is 5.91 Å². The molecule has 0 radical (unpaired) electrons. The normalized spacial score (nSPS) is 26.9. The first-order valence-corrected chi connectivity index (χ1v) is 8.56. The summed E-state index contributed by atoms with van der Waals surface area (Å²) in [5.74, 6) is 1.05. The van der Waals surface area contributed by atoms with E-state index in [9.17, 15) is 4.79 Å². The minimum absolute atomic E-state index is 0.186. The molecule has 3 rings (SSSR count). The summed E-state index contributed by atoms with van der Waals surface area (Å²) in [4.78, 5) is 19.1. The number of carbonyl (C=O) groups is 1. The fraction of sp³-hybridized carbons (Fsp3) is 0.667. The molecule has 1 aromatic heterocycles. The van der Waals surface area contributed by atoms with Gasteiger partial charge in [0.2, 0.25) is 5.91 Å². The number of nitrogens with zero attached hydrogens (tertiary/aromatic N) is 2. The van der Waals surface area contributed by atoms with Gasteiger partial charge in [-0.05, 0) is 63.1 Å². The van der Waals surface area contributed by atoms with Crippen LogP contribution in [0.5, 0.6) is 0 Å². The Morgan fingerprint density at radius 3 is 2.91 bits per heavy atom. The highest BCUT2D eigenvalue weighted by Crippen LogP contribution is 2.30. The summed E-state index contributed by atoms with van der Waals surface area (Å²) in [6.45, 7) is 5.85. The molecule has 2 fully saturated rings. The quantitative estimate of drug-likeness (QED) is 0.931. The fourth-order valence-corrected chi connectivity index (χ4v) is 3.81. The van der Waals surface area contributed by atoms with Crippen LogP contribution in [0.25, 0.3) is 0 Å². The zero-order valence-electron chi connectivity index (χ0n) is 13.6. The van der Waals surface area contributed by atoms with Crippen LogP contribution >= 0.6 is 0 Å². The first-order valence-electron chi connectivity index (χ1n) is 8.56. The smallest absolute Gasteiger partial charge is 0.229 e. The number of hydrogen-bond donors (Lipinski definition) is 1. The van der Waals surface area contributed by atoms with E-state index >= 15 is 0 Å². The largest absolute Gasteiger partial charge is 0.342 e. The summed E-state index contributed by atoms with van der Waals surface area (Å²) < 4.78 is 0. The van der Waals surface area contributed by atoms with E-state index in [-0.39, 0.29) is 5.41 Å². The Morgan fingerprint density at radius 2 is 2.27 bits per heavy atom. The zero-order chi connectivity index (χ0) is 15.4. The van der Waals surface area contributed by atoms with E-state index in [1.807, 2.05) is 18.5 Å². The van der Waals surface area contributed by atoms with E-state index in [1.54, 1.807) is 0 Å². The summed E-state index contributed by atoms with van der Waals surface area (Å²) >= 11 is 0. The van der Waals surface area contributed by atoms with Gasteiger partial charge >= 0.3 is 0 Å². The van der Waals surface area contributed by atoms with Crippen molar-refractivity contribution in [3.63, 3.8) is 0 Å². The Bertz CT molecular complexity index is 488. The number of likely N-dealkylation sites (tertiary alicyclic amines) is 1. The zero-order valence-corrected chi connectivity index (χ0v) is 13.6. The van der Waals surface area contributed by atoms with Crippen LogP contribution in [-0.4, -0.2) is 42.0 Å². The molecule has 2 saturated heterocycles. The van der Waals surface area contributed by atoms with Gasteiger partial charge in [0.15, 0.2) is 0 Å². The number of piperidine rings is 2. The van der Waals surface area contributed by atoms with Crippen molar-refractivity contribution in [1.29, 1.82) is 0 Å². The molecule has 2 aliphatic heterocycles. The van der Waals surface area contributed by atoms with Crippen LogP contribution in [0.15, 0.2) is 24.5 Å². The Balaban J connectivity index is 1.52. The van der Waals surface area contributed by atoms with Gasteiger partial charge < -0.3 is 10.2 Å². The van der Waals surface area contributed by atoms with Gasteiger partial charge in [-0.2, -0.15) is 0 Å². The predicted octanol–water partition coefficient (Wildman–Crippen LogP) is 2.25. The van der Waals surface area contributed by atoms with Crippen molar-refractivity contribution in [1.82, 2.24) is 15.2 Å². The van der Waals surface area contributed by atoms with Gasteiger partial charge in [0.25, 0.3) is 0 Å². The van der Waals surface area contributed by atoms with Gasteiger partial charge in [0.1, 0.15) is 0 Å². The molecule has 0 aliphatic carbocycles. The number of hydrogen-bond acceptors (Lipinski definition) is 3. The second-order valence-electron chi connectivity index (χ2n) is 7.14. The third-order valence-electron chi connectivity index (χ3n) is 5.26. The van der Waals surface area contributed by atoms with Crippen molar-refractivity contribution in [2.75, 3.05) is 26.2 Å². The van der Waals surface area contributed by atoms with Crippen molar-refractivity contribution in [3.05, 3.63) is 30.1 Å². The second kappa shape index (κ2) is 6.78. The molecule has 1 aromatic rings. The molecule has 4 nitrogen and oxygen atoms in total. The number of nitrogens with one attached hydrogen (secondary N) is 1. The fourth-order valence-electron chi connectivity index (χ4n) is 3.81. The van der Waals surface area contributed by atoms with Gasteiger partial charge in [-0.25, -0.2) is 0 Å². The molecule has 0 aromatic carbocycles. The molecule has 22 heavy (non-hydrogen) atoms. The third-order valence-corrected chi connectivity index (χ3v) is 5.26. The summed E-state index contributed by atoms with van der Waals surface area (Å²) in [6, 6.07) is 4.16. The first kappa shape index (κ1) is 15.5. The molecule has 1 atom stereocenters. The molecule has 0 unspecified atom stereocenters. The van der Waals surface area contributed by atoms with E-state index in [0.29, 0.717) is 11.8 Å². The van der Waals surface area contributed by atoms with Crippen LogP contribution in [0.4, 0.5) is 0 Å². The molecule has 4 heteroatoms. The van der Waals surface area contributed by atoms with Gasteiger partial charge in [-0.1, -0.05) is 6.07 Å². The topological polar surface area (TPSA) is 45.2 Å². The van der Waals surface area contributed by atoms with E-state index in [2.05, 4.69) is 28.2 Å². The van der Waals surface area contributed by atoms with E-state index in [4.69, 9.17) is 0 Å². The van der Waals surface area contributed by atoms with E-state index in [0.717, 1.165) is 58.3 Å². The van der Waals surface area contributed by atoms with Gasteiger partial charge in [-0.15, -0.1) is 0 Å². The highest BCUT2D eigenvalue weighted by molar-refractivity contribution is 5.82. The number of carbonyl (C=O) groups excluding carboxylic acids is 1. The minimum atomic E-state index is -0.186. The van der Waals surface area contributed by atoms with Crippen LogP contribution in [0.2, 0.25) is 0 Å². The maximum Gasteiger partial charge on any atom is 0.229 e. The lowest BCUT2D eigenvalue weighted by Gasteiger charge is -2.40. The van der Waals surface area contributed by atoms with Crippen LogP contribution in [0, 0.1) is 11.3 Å². The molecule has 0 bridgehead atoms. The lowest BCUT2D eigenvalue weighted by atomic mass is 9.80. The standard InChI is InChI=1S/C18H27N3O/c1-18(7-3-9-20-14-18)17(22)21-10-5-15(6-11-21)12-16-4-2-8-19-13-16/h2,4,8,13,15,20H,3,5-7,9-12,14H2,1H3/t18-/m0/s1. The second-order valence-corrected chi connectivity index (χ2v) is 7.14. The van der Waals surface area contributed by atoms with Crippen LogP contribution < -0.4 is 5.32 Å². The molecule has 3 heterocycles. The Hall–Kier alpha value is -1.42. The van der Waals surface area contributed by atoms with Crippen molar-refractivity contribution in [2.24, 2.45) is 11.3 Å². The summed E-state index contributed by atoms with van der Waals surface area (Å²) in [6.07, 6.45) is 9.24. The molecule has 1 N–H and O–H groups in total. The predicted molar refractivity (Wildman–Crippen MR) is 87.5 cm³/mol. The molecular formula is C18H27N3O. The van der Waals surface area contributed by atoms with Crippen molar-refractivity contribution in [3.8, 4) is 0 Å². The lowest BCUT2D eigenvalue weighted by Crippen LogP contribution is -2.52. The SMILES string of the molecule is C[C@]1(C(=O)N2CCC(Cc3cccnc3)CC2)CCCNC1. The van der Waals surface area contributed by atoms with Crippen LogP contribution in [-0.2, 0) is 11.2 Å². The minimum Gasteiger partial charge on any atom is -0.342 e. The van der Waals surface area contributed by atoms with Gasteiger partial charge in [0.05, 0.1) is 5.41 Å². The Morgan fingerprint density at radius 1 is 1.45 bits per heavy atom. The van der Waals surface area contributed by atoms with E-state index in [1.165, 1.54) is 5.56 Å². The highest BCUT2D eigenvalue weighted by Gasteiger charge is 2.38. The average Bonchev–Trinajstić information content (AvgIpc) is 2.56. The number of aromatic nitrogens is 1. The lowest BCUT2D eigenvalue weighted by molar-refractivity contribution is -0.143. The third kappa shape index (κ3) is 3.49. The molecular weight excluding hydrogens is 274 g/mol. The van der Waals surface area contributed by atoms with Gasteiger partial charge in [0, 0.05) is 32.0 Å². The highest BCUT2D eigenvalue weighted by atomic mass is 16.2. The first-order chi connectivity index (χ1) is 10.7. The molecule has 2 aliphatic rings. The maximum absolute atomic E-state index is 12.8. The van der Waals surface area contributed by atoms with Crippen molar-refractivity contribution in [2.45, 2.75) is 39.0 Å². The summed E-state index contributed by atoms with van der Waals surface area (Å²) in [7, 11) is 0. The van der Waals surface area contributed by atoms with Gasteiger partial charge in [-0.3, -0.25) is 9.78 Å². The molecule has 0 spiro atoms.